The van der Waals surface area contributed by atoms with Gasteiger partial charge in [0, 0.05) is 18.7 Å². The van der Waals surface area contributed by atoms with Crippen LogP contribution in [0.2, 0.25) is 0 Å². The van der Waals surface area contributed by atoms with Gasteiger partial charge in [0.2, 0.25) is 0 Å². The molecule has 0 aromatic carbocycles. The minimum Gasteiger partial charge on any atom is -0.383 e. The van der Waals surface area contributed by atoms with Gasteiger partial charge in [-0.15, -0.1) is 0 Å². The van der Waals surface area contributed by atoms with Crippen LogP contribution in [-0.4, -0.2) is 28.0 Å². The number of rotatable bonds is 3. The Morgan fingerprint density at radius 2 is 2.25 bits per heavy atom. The number of fused-ring (bicyclic) bond motifs is 1. The van der Waals surface area contributed by atoms with Crippen LogP contribution in [0.1, 0.15) is 31.5 Å². The number of hydrogen-bond acceptors (Lipinski definition) is 4. The lowest BCUT2D eigenvalue weighted by Crippen LogP contribution is -2.33. The van der Waals surface area contributed by atoms with Crippen molar-refractivity contribution in [1.82, 2.24) is 14.9 Å². The molecule has 2 N–H and O–H groups in total. The van der Waals surface area contributed by atoms with Crippen molar-refractivity contribution in [2.45, 2.75) is 33.2 Å². The summed E-state index contributed by atoms with van der Waals surface area (Å²) in [4.78, 5) is 10.8. The van der Waals surface area contributed by atoms with Crippen LogP contribution in [0.25, 0.3) is 0 Å². The third kappa shape index (κ3) is 2.50. The molecule has 0 bridgehead atoms. The van der Waals surface area contributed by atoms with E-state index in [9.17, 15) is 0 Å². The second-order valence-corrected chi connectivity index (χ2v) is 4.89. The molecule has 2 rings (SSSR count). The zero-order chi connectivity index (χ0) is 11.5. The lowest BCUT2D eigenvalue weighted by molar-refractivity contribution is 0.236. The maximum atomic E-state index is 5.84. The Morgan fingerprint density at radius 3 is 3.00 bits per heavy atom. The fourth-order valence-corrected chi connectivity index (χ4v) is 2.07. The zero-order valence-electron chi connectivity index (χ0n) is 10.1. The average molecular weight is 220 g/mol. The molecule has 0 saturated carbocycles. The van der Waals surface area contributed by atoms with Gasteiger partial charge >= 0.3 is 0 Å². The van der Waals surface area contributed by atoms with Crippen molar-refractivity contribution in [2.24, 2.45) is 5.92 Å². The van der Waals surface area contributed by atoms with E-state index in [0.29, 0.717) is 5.82 Å². The van der Waals surface area contributed by atoms with Crippen LogP contribution in [0.5, 0.6) is 0 Å². The summed E-state index contributed by atoms with van der Waals surface area (Å²) in [7, 11) is 0. The summed E-state index contributed by atoms with van der Waals surface area (Å²) >= 11 is 0. The van der Waals surface area contributed by atoms with Crippen LogP contribution in [0.15, 0.2) is 6.33 Å². The molecule has 1 aromatic heterocycles. The molecule has 0 radical (unpaired) electrons. The van der Waals surface area contributed by atoms with Gasteiger partial charge in [-0.3, -0.25) is 4.90 Å². The zero-order valence-corrected chi connectivity index (χ0v) is 10.1. The van der Waals surface area contributed by atoms with E-state index in [-0.39, 0.29) is 0 Å². The molecule has 1 aliphatic rings. The molecule has 88 valence electrons. The second kappa shape index (κ2) is 4.78. The van der Waals surface area contributed by atoms with Crippen molar-refractivity contribution in [3.63, 3.8) is 0 Å². The van der Waals surface area contributed by atoms with Gasteiger partial charge in [-0.25, -0.2) is 9.97 Å². The fraction of sp³-hybridized carbons (Fsp3) is 0.667. The molecule has 0 amide bonds. The Bertz CT molecular complexity index is 362. The first-order valence-electron chi connectivity index (χ1n) is 5.97. The summed E-state index contributed by atoms with van der Waals surface area (Å²) in [5.74, 6) is 1.42. The summed E-state index contributed by atoms with van der Waals surface area (Å²) in [5, 5.41) is 0. The van der Waals surface area contributed by atoms with E-state index in [2.05, 4.69) is 28.7 Å². The molecular formula is C12H20N4. The molecule has 0 spiro atoms. The molecule has 0 saturated heterocycles. The largest absolute Gasteiger partial charge is 0.383 e. The van der Waals surface area contributed by atoms with Crippen LogP contribution < -0.4 is 5.73 Å². The van der Waals surface area contributed by atoms with E-state index in [4.69, 9.17) is 5.73 Å². The number of hydrogen-bond donors (Lipinski definition) is 1. The first-order valence-corrected chi connectivity index (χ1v) is 5.97. The first kappa shape index (κ1) is 11.3. The Labute approximate surface area is 96.9 Å². The normalized spacial score (nSPS) is 16.4. The lowest BCUT2D eigenvalue weighted by atomic mass is 10.0. The van der Waals surface area contributed by atoms with E-state index in [1.165, 1.54) is 6.42 Å². The summed E-state index contributed by atoms with van der Waals surface area (Å²) < 4.78 is 0. The van der Waals surface area contributed by atoms with E-state index in [1.54, 1.807) is 6.33 Å². The maximum absolute atomic E-state index is 5.84. The van der Waals surface area contributed by atoms with Gasteiger partial charge in [0.25, 0.3) is 0 Å². The fourth-order valence-electron chi connectivity index (χ4n) is 2.07. The molecule has 1 aromatic rings. The van der Waals surface area contributed by atoms with Crippen LogP contribution in [0, 0.1) is 5.92 Å². The number of nitrogens with zero attached hydrogens (tertiary/aromatic N) is 3. The van der Waals surface area contributed by atoms with Gasteiger partial charge in [-0.05, 0) is 25.3 Å². The minimum atomic E-state index is 0.661. The van der Waals surface area contributed by atoms with E-state index < -0.39 is 0 Å². The second-order valence-electron chi connectivity index (χ2n) is 4.89. The highest BCUT2D eigenvalue weighted by Crippen LogP contribution is 2.20. The highest BCUT2D eigenvalue weighted by molar-refractivity contribution is 5.42. The molecule has 16 heavy (non-hydrogen) atoms. The topological polar surface area (TPSA) is 55.0 Å². The molecule has 4 nitrogen and oxygen atoms in total. The molecule has 1 aliphatic heterocycles. The molecule has 0 fully saturated rings. The smallest absolute Gasteiger partial charge is 0.130 e. The number of nitrogen functional groups attached to an aromatic ring is 1. The Balaban J connectivity index is 2.01. The average Bonchev–Trinajstić information content (AvgIpc) is 2.26. The number of aromatic nitrogens is 2. The third-order valence-corrected chi connectivity index (χ3v) is 3.14. The predicted octanol–water partition coefficient (Wildman–Crippen LogP) is 1.46. The van der Waals surface area contributed by atoms with Gasteiger partial charge < -0.3 is 5.73 Å². The number of anilines is 1. The molecule has 0 atom stereocenters. The van der Waals surface area contributed by atoms with Crippen molar-refractivity contribution >= 4 is 5.82 Å². The summed E-state index contributed by atoms with van der Waals surface area (Å²) in [6.07, 6.45) is 3.80. The van der Waals surface area contributed by atoms with Gasteiger partial charge in [-0.1, -0.05) is 13.8 Å². The summed E-state index contributed by atoms with van der Waals surface area (Å²) in [6, 6.07) is 0. The number of nitrogens with two attached hydrogens (primary N) is 1. The minimum absolute atomic E-state index is 0.661. The van der Waals surface area contributed by atoms with Gasteiger partial charge in [0.05, 0.1) is 5.69 Å². The quantitative estimate of drug-likeness (QED) is 0.838. The maximum Gasteiger partial charge on any atom is 0.130 e. The molecule has 4 heteroatoms. The first-order chi connectivity index (χ1) is 7.66. The van der Waals surface area contributed by atoms with E-state index in [0.717, 1.165) is 43.2 Å². The van der Waals surface area contributed by atoms with Crippen molar-refractivity contribution in [3.8, 4) is 0 Å². The van der Waals surface area contributed by atoms with Crippen molar-refractivity contribution in [2.75, 3.05) is 18.8 Å². The molecular weight excluding hydrogens is 200 g/mol. The SMILES string of the molecule is CC(C)CCN1CCc2c(N)ncnc2C1. The summed E-state index contributed by atoms with van der Waals surface area (Å²) in [6.45, 7) is 7.68. The van der Waals surface area contributed by atoms with Crippen LogP contribution >= 0.6 is 0 Å². The molecule has 0 aliphatic carbocycles. The van der Waals surface area contributed by atoms with Crippen LogP contribution in [-0.2, 0) is 13.0 Å². The van der Waals surface area contributed by atoms with Gasteiger partial charge in [-0.2, -0.15) is 0 Å². The van der Waals surface area contributed by atoms with Gasteiger partial charge in [0.1, 0.15) is 12.1 Å². The van der Waals surface area contributed by atoms with Crippen molar-refractivity contribution < 1.29 is 0 Å². The van der Waals surface area contributed by atoms with Crippen LogP contribution in [0.3, 0.4) is 0 Å². The highest BCUT2D eigenvalue weighted by atomic mass is 15.1. The standard InChI is InChI=1S/C12H20N4/c1-9(2)3-5-16-6-4-10-11(7-16)14-8-15-12(10)13/h8-9H,3-7H2,1-2H3,(H2,13,14,15). The monoisotopic (exact) mass is 220 g/mol. The van der Waals surface area contributed by atoms with Crippen molar-refractivity contribution in [1.29, 1.82) is 0 Å². The Kier molecular flexibility index (Phi) is 3.39. The Morgan fingerprint density at radius 1 is 1.44 bits per heavy atom. The van der Waals surface area contributed by atoms with Crippen molar-refractivity contribution in [3.05, 3.63) is 17.6 Å². The summed E-state index contributed by atoms with van der Waals surface area (Å²) in [5.41, 5.74) is 8.11. The van der Waals surface area contributed by atoms with E-state index in [1.807, 2.05) is 0 Å². The van der Waals surface area contributed by atoms with Crippen LogP contribution in [0.4, 0.5) is 5.82 Å². The highest BCUT2D eigenvalue weighted by Gasteiger charge is 2.19. The predicted molar refractivity (Wildman–Crippen MR) is 64.9 cm³/mol. The molecule has 2 heterocycles. The van der Waals surface area contributed by atoms with Gasteiger partial charge in [0.15, 0.2) is 0 Å². The lowest BCUT2D eigenvalue weighted by Gasteiger charge is -2.28. The molecule has 0 unspecified atom stereocenters. The Hall–Kier alpha value is -1.16. The van der Waals surface area contributed by atoms with E-state index >= 15 is 0 Å². The third-order valence-electron chi connectivity index (χ3n) is 3.14.